The van der Waals surface area contributed by atoms with Crippen molar-refractivity contribution in [1.29, 1.82) is 0 Å². The third-order valence-electron chi connectivity index (χ3n) is 3.23. The van der Waals surface area contributed by atoms with Crippen LogP contribution in [0.3, 0.4) is 0 Å². The van der Waals surface area contributed by atoms with Crippen molar-refractivity contribution in [3.8, 4) is 0 Å². The van der Waals surface area contributed by atoms with E-state index in [1.54, 1.807) is 0 Å². The highest BCUT2D eigenvalue weighted by Gasteiger charge is 2.22. The van der Waals surface area contributed by atoms with Crippen LogP contribution in [0.2, 0.25) is 0 Å². The minimum atomic E-state index is -1.18. The fourth-order valence-electron chi connectivity index (χ4n) is 2.29. The second kappa shape index (κ2) is 6.78. The van der Waals surface area contributed by atoms with Gasteiger partial charge in [0.1, 0.15) is 5.82 Å². The molecule has 1 rings (SSSR count). The maximum absolute atomic E-state index is 13.6. The molecule has 0 aromatic heterocycles. The number of hydrogen-bond acceptors (Lipinski definition) is 1. The summed E-state index contributed by atoms with van der Waals surface area (Å²) in [6, 6.07) is 0.868. The van der Waals surface area contributed by atoms with Gasteiger partial charge in [-0.2, -0.15) is 0 Å². The molecule has 0 saturated heterocycles. The third kappa shape index (κ3) is 3.48. The fraction of sp³-hybridized carbons (Fsp3) is 0.571. The summed E-state index contributed by atoms with van der Waals surface area (Å²) in [4.78, 5) is 0. The summed E-state index contributed by atoms with van der Waals surface area (Å²) < 4.78 is 39.7. The van der Waals surface area contributed by atoms with E-state index in [9.17, 15) is 13.2 Å². The van der Waals surface area contributed by atoms with Crippen molar-refractivity contribution in [1.82, 2.24) is 0 Å². The molecule has 0 aliphatic heterocycles. The van der Waals surface area contributed by atoms with Crippen molar-refractivity contribution in [2.45, 2.75) is 45.6 Å². The molecular formula is C14H20F3N. The van der Waals surface area contributed by atoms with E-state index in [0.717, 1.165) is 31.7 Å². The van der Waals surface area contributed by atoms with Gasteiger partial charge < -0.3 is 5.73 Å². The van der Waals surface area contributed by atoms with Gasteiger partial charge in [-0.1, -0.05) is 26.7 Å². The van der Waals surface area contributed by atoms with Gasteiger partial charge in [0, 0.05) is 17.7 Å². The van der Waals surface area contributed by atoms with Gasteiger partial charge in [0.2, 0.25) is 0 Å². The van der Waals surface area contributed by atoms with Gasteiger partial charge >= 0.3 is 0 Å². The van der Waals surface area contributed by atoms with E-state index < -0.39 is 23.5 Å². The van der Waals surface area contributed by atoms with Crippen LogP contribution in [0.25, 0.3) is 0 Å². The molecular weight excluding hydrogens is 239 g/mol. The number of nitrogens with two attached hydrogens (primary N) is 1. The number of rotatable bonds is 6. The molecule has 0 fully saturated rings. The Labute approximate surface area is 106 Å². The van der Waals surface area contributed by atoms with E-state index in [1.807, 2.05) is 13.8 Å². The Morgan fingerprint density at radius 1 is 0.944 bits per heavy atom. The Morgan fingerprint density at radius 2 is 1.44 bits per heavy atom. The zero-order chi connectivity index (χ0) is 13.7. The van der Waals surface area contributed by atoms with Crippen molar-refractivity contribution >= 4 is 0 Å². The molecule has 0 aliphatic rings. The summed E-state index contributed by atoms with van der Waals surface area (Å²) >= 11 is 0. The van der Waals surface area contributed by atoms with Crippen LogP contribution in [0, 0.1) is 23.4 Å². The maximum atomic E-state index is 13.6. The highest BCUT2D eigenvalue weighted by atomic mass is 19.2. The molecule has 1 aromatic carbocycles. The van der Waals surface area contributed by atoms with Crippen molar-refractivity contribution in [3.05, 3.63) is 35.1 Å². The molecule has 1 aromatic rings. The van der Waals surface area contributed by atoms with E-state index in [0.29, 0.717) is 6.07 Å². The van der Waals surface area contributed by atoms with Crippen LogP contribution in [-0.2, 0) is 0 Å². The molecule has 0 aliphatic carbocycles. The second-order valence-corrected chi connectivity index (χ2v) is 4.65. The molecule has 2 N–H and O–H groups in total. The molecule has 0 radical (unpaired) electrons. The molecule has 102 valence electrons. The van der Waals surface area contributed by atoms with E-state index >= 15 is 0 Å². The molecule has 0 heterocycles. The van der Waals surface area contributed by atoms with Gasteiger partial charge in [0.15, 0.2) is 11.6 Å². The number of benzene rings is 1. The van der Waals surface area contributed by atoms with Crippen molar-refractivity contribution in [3.63, 3.8) is 0 Å². The Kier molecular flexibility index (Phi) is 5.66. The molecule has 0 spiro atoms. The molecule has 0 amide bonds. The summed E-state index contributed by atoms with van der Waals surface area (Å²) in [5.41, 5.74) is 6.07. The number of hydrogen-bond donors (Lipinski definition) is 1. The highest BCUT2D eigenvalue weighted by molar-refractivity contribution is 5.23. The minimum absolute atomic E-state index is 0.0702. The lowest BCUT2D eigenvalue weighted by molar-refractivity contribution is 0.357. The monoisotopic (exact) mass is 259 g/mol. The van der Waals surface area contributed by atoms with Crippen LogP contribution in [0.4, 0.5) is 13.2 Å². The lowest BCUT2D eigenvalue weighted by Gasteiger charge is -2.24. The summed E-state index contributed by atoms with van der Waals surface area (Å²) in [5, 5.41) is 0. The summed E-state index contributed by atoms with van der Waals surface area (Å²) in [7, 11) is 0. The molecule has 1 unspecified atom stereocenters. The average molecular weight is 259 g/mol. The van der Waals surface area contributed by atoms with Crippen LogP contribution >= 0.6 is 0 Å². The first-order chi connectivity index (χ1) is 8.51. The molecule has 1 atom stereocenters. The van der Waals surface area contributed by atoms with Gasteiger partial charge in [0.25, 0.3) is 0 Å². The predicted molar refractivity (Wildman–Crippen MR) is 66.6 cm³/mol. The normalized spacial score (nSPS) is 13.1. The van der Waals surface area contributed by atoms with Crippen molar-refractivity contribution in [2.24, 2.45) is 11.7 Å². The third-order valence-corrected chi connectivity index (χ3v) is 3.23. The topological polar surface area (TPSA) is 26.0 Å². The van der Waals surface area contributed by atoms with Gasteiger partial charge in [-0.25, -0.2) is 13.2 Å². The Morgan fingerprint density at radius 3 is 1.94 bits per heavy atom. The molecule has 0 bridgehead atoms. The Hall–Kier alpha value is -1.03. The summed E-state index contributed by atoms with van der Waals surface area (Å²) in [6.45, 7) is 4.05. The van der Waals surface area contributed by atoms with E-state index in [2.05, 4.69) is 0 Å². The van der Waals surface area contributed by atoms with Crippen molar-refractivity contribution in [2.75, 3.05) is 0 Å². The van der Waals surface area contributed by atoms with Gasteiger partial charge in [0.05, 0.1) is 0 Å². The standard InChI is InChI=1S/C14H20F3N/c1-3-5-9(6-4-2)14(18)10-7-12(16)13(17)8-11(10)15/h7-9,14H,3-6,18H2,1-2H3. The minimum Gasteiger partial charge on any atom is -0.324 e. The van der Waals surface area contributed by atoms with Crippen LogP contribution < -0.4 is 5.73 Å². The fourth-order valence-corrected chi connectivity index (χ4v) is 2.29. The highest BCUT2D eigenvalue weighted by Crippen LogP contribution is 2.30. The largest absolute Gasteiger partial charge is 0.324 e. The molecule has 0 saturated carbocycles. The first-order valence-corrected chi connectivity index (χ1v) is 6.41. The number of halogens is 3. The quantitative estimate of drug-likeness (QED) is 0.756. The van der Waals surface area contributed by atoms with Crippen LogP contribution in [0.15, 0.2) is 12.1 Å². The predicted octanol–water partition coefficient (Wildman–Crippen LogP) is 4.32. The van der Waals surface area contributed by atoms with Crippen LogP contribution in [0.5, 0.6) is 0 Å². The Balaban J connectivity index is 3.00. The molecule has 18 heavy (non-hydrogen) atoms. The van der Waals surface area contributed by atoms with Gasteiger partial charge in [-0.3, -0.25) is 0 Å². The van der Waals surface area contributed by atoms with Crippen LogP contribution in [0.1, 0.15) is 51.1 Å². The lowest BCUT2D eigenvalue weighted by atomic mass is 9.86. The first kappa shape index (κ1) is 15.0. The maximum Gasteiger partial charge on any atom is 0.161 e. The van der Waals surface area contributed by atoms with E-state index in [4.69, 9.17) is 5.73 Å². The van der Waals surface area contributed by atoms with Crippen LogP contribution in [-0.4, -0.2) is 0 Å². The van der Waals surface area contributed by atoms with Gasteiger partial charge in [-0.15, -0.1) is 0 Å². The van der Waals surface area contributed by atoms with Gasteiger partial charge in [-0.05, 0) is 24.8 Å². The second-order valence-electron chi connectivity index (χ2n) is 4.65. The van der Waals surface area contributed by atoms with E-state index in [1.165, 1.54) is 0 Å². The average Bonchev–Trinajstić information content (AvgIpc) is 2.33. The lowest BCUT2D eigenvalue weighted by Crippen LogP contribution is -2.23. The SMILES string of the molecule is CCCC(CCC)C(N)c1cc(F)c(F)cc1F. The van der Waals surface area contributed by atoms with Crippen molar-refractivity contribution < 1.29 is 13.2 Å². The summed E-state index contributed by atoms with van der Waals surface area (Å²) in [6.07, 6.45) is 3.58. The Bertz CT molecular complexity index is 387. The molecule has 4 heteroatoms. The summed E-state index contributed by atoms with van der Waals surface area (Å²) in [5.74, 6) is -2.89. The zero-order valence-electron chi connectivity index (χ0n) is 10.8. The first-order valence-electron chi connectivity index (χ1n) is 6.41. The zero-order valence-corrected chi connectivity index (χ0v) is 10.8. The molecule has 1 nitrogen and oxygen atoms in total. The van der Waals surface area contributed by atoms with E-state index in [-0.39, 0.29) is 11.5 Å². The smallest absolute Gasteiger partial charge is 0.161 e.